The van der Waals surface area contributed by atoms with Crippen LogP contribution in [0.15, 0.2) is 77.7 Å². The fourth-order valence-corrected chi connectivity index (χ4v) is 4.27. The lowest BCUT2D eigenvalue weighted by molar-refractivity contribution is 0.102. The number of nitrogens with zero attached hydrogens (tertiary/aromatic N) is 2. The summed E-state index contributed by atoms with van der Waals surface area (Å²) < 4.78 is 1.52. The van der Waals surface area contributed by atoms with Crippen LogP contribution in [0.5, 0.6) is 0 Å². The zero-order valence-corrected chi connectivity index (χ0v) is 23.2. The highest BCUT2D eigenvalue weighted by Crippen LogP contribution is 2.29. The average molecular weight is 509 g/mol. The number of carbonyl (C=O) groups is 1. The van der Waals surface area contributed by atoms with Gasteiger partial charge in [0.15, 0.2) is 5.82 Å². The molecule has 3 aromatic carbocycles. The van der Waals surface area contributed by atoms with Crippen molar-refractivity contribution in [3.63, 3.8) is 0 Å². The molecule has 1 heterocycles. The second-order valence-corrected chi connectivity index (χ2v) is 11.1. The molecule has 0 radical (unpaired) electrons. The third-order valence-electron chi connectivity index (χ3n) is 6.78. The van der Waals surface area contributed by atoms with Crippen LogP contribution >= 0.6 is 0 Å². The van der Waals surface area contributed by atoms with Gasteiger partial charge in [0.25, 0.3) is 11.5 Å². The first-order chi connectivity index (χ1) is 17.9. The van der Waals surface area contributed by atoms with Crippen molar-refractivity contribution in [2.24, 2.45) is 7.05 Å². The Kier molecular flexibility index (Phi) is 7.53. The SMILES string of the molecule is Cc1c(NC(=O)c2ccc(C(C)(C)C)cc2)cccc1-c1cn(C)c(=O)c(Nc2ccc(C(C)C)cc2)n1. The Bertz CT molecular complexity index is 1510. The van der Waals surface area contributed by atoms with Crippen LogP contribution in [0.4, 0.5) is 17.2 Å². The van der Waals surface area contributed by atoms with Gasteiger partial charge >= 0.3 is 0 Å². The van der Waals surface area contributed by atoms with E-state index in [1.54, 1.807) is 13.2 Å². The molecule has 0 spiro atoms. The van der Waals surface area contributed by atoms with Crippen molar-refractivity contribution in [2.75, 3.05) is 10.6 Å². The second kappa shape index (κ2) is 10.7. The third-order valence-corrected chi connectivity index (χ3v) is 6.78. The van der Waals surface area contributed by atoms with Crippen molar-refractivity contribution >= 4 is 23.1 Å². The van der Waals surface area contributed by atoms with Gasteiger partial charge < -0.3 is 15.2 Å². The van der Waals surface area contributed by atoms with Crippen molar-refractivity contribution < 1.29 is 4.79 Å². The predicted molar refractivity (Wildman–Crippen MR) is 157 cm³/mol. The molecule has 2 N–H and O–H groups in total. The average Bonchev–Trinajstić information content (AvgIpc) is 2.87. The van der Waals surface area contributed by atoms with Crippen molar-refractivity contribution in [1.82, 2.24) is 9.55 Å². The zero-order valence-electron chi connectivity index (χ0n) is 23.2. The predicted octanol–water partition coefficient (Wildman–Crippen LogP) is 7.17. The molecular weight excluding hydrogens is 472 g/mol. The van der Waals surface area contributed by atoms with Crippen LogP contribution in [0.1, 0.15) is 67.6 Å². The van der Waals surface area contributed by atoms with E-state index in [9.17, 15) is 9.59 Å². The number of hydrogen-bond donors (Lipinski definition) is 2. The van der Waals surface area contributed by atoms with Gasteiger partial charge in [-0.25, -0.2) is 4.98 Å². The van der Waals surface area contributed by atoms with Crippen molar-refractivity contribution in [2.45, 2.75) is 52.9 Å². The number of aromatic nitrogens is 2. The van der Waals surface area contributed by atoms with Crippen LogP contribution in [0.25, 0.3) is 11.3 Å². The number of nitrogens with one attached hydrogen (secondary N) is 2. The minimum absolute atomic E-state index is 0.0218. The van der Waals surface area contributed by atoms with Gasteiger partial charge in [-0.3, -0.25) is 9.59 Å². The molecule has 0 unspecified atom stereocenters. The van der Waals surface area contributed by atoms with E-state index in [0.29, 0.717) is 22.9 Å². The van der Waals surface area contributed by atoms with Gasteiger partial charge in [0.05, 0.1) is 5.69 Å². The van der Waals surface area contributed by atoms with E-state index < -0.39 is 0 Å². The molecule has 0 aliphatic heterocycles. The molecule has 6 nitrogen and oxygen atoms in total. The van der Waals surface area contributed by atoms with Crippen LogP contribution in [-0.2, 0) is 12.5 Å². The number of carbonyl (C=O) groups excluding carboxylic acids is 1. The molecule has 38 heavy (non-hydrogen) atoms. The summed E-state index contributed by atoms with van der Waals surface area (Å²) in [6.07, 6.45) is 1.72. The van der Waals surface area contributed by atoms with Crippen molar-refractivity contribution in [3.8, 4) is 11.3 Å². The highest BCUT2D eigenvalue weighted by atomic mass is 16.1. The molecule has 196 valence electrons. The molecule has 0 bridgehead atoms. The number of aryl methyl sites for hydroxylation is 1. The largest absolute Gasteiger partial charge is 0.336 e. The summed E-state index contributed by atoms with van der Waals surface area (Å²) in [7, 11) is 1.71. The van der Waals surface area contributed by atoms with E-state index in [1.165, 1.54) is 15.7 Å². The van der Waals surface area contributed by atoms with Gasteiger partial charge in [-0.05, 0) is 65.3 Å². The lowest BCUT2D eigenvalue weighted by Crippen LogP contribution is -2.21. The van der Waals surface area contributed by atoms with Crippen molar-refractivity contribution in [1.29, 1.82) is 0 Å². The Hall–Kier alpha value is -4.19. The van der Waals surface area contributed by atoms with Crippen LogP contribution in [-0.4, -0.2) is 15.5 Å². The Morgan fingerprint density at radius 1 is 0.947 bits per heavy atom. The van der Waals surface area contributed by atoms with Crippen LogP contribution in [0.3, 0.4) is 0 Å². The summed E-state index contributed by atoms with van der Waals surface area (Å²) >= 11 is 0. The Morgan fingerprint density at radius 3 is 2.21 bits per heavy atom. The van der Waals surface area contributed by atoms with E-state index in [4.69, 9.17) is 0 Å². The highest BCUT2D eigenvalue weighted by Gasteiger charge is 2.16. The monoisotopic (exact) mass is 508 g/mol. The first-order valence-corrected chi connectivity index (χ1v) is 12.9. The van der Waals surface area contributed by atoms with Crippen LogP contribution in [0.2, 0.25) is 0 Å². The molecule has 0 atom stereocenters. The fourth-order valence-electron chi connectivity index (χ4n) is 4.27. The second-order valence-electron chi connectivity index (χ2n) is 11.1. The van der Waals surface area contributed by atoms with E-state index in [2.05, 4.69) is 50.2 Å². The van der Waals surface area contributed by atoms with Gasteiger partial charge in [0.1, 0.15) is 0 Å². The van der Waals surface area contributed by atoms with Crippen LogP contribution in [0, 0.1) is 6.92 Å². The molecule has 0 aliphatic rings. The Balaban J connectivity index is 1.61. The third kappa shape index (κ3) is 5.86. The lowest BCUT2D eigenvalue weighted by atomic mass is 9.86. The molecule has 0 saturated heterocycles. The summed E-state index contributed by atoms with van der Waals surface area (Å²) in [4.78, 5) is 30.5. The maximum Gasteiger partial charge on any atom is 0.293 e. The molecule has 1 aromatic heterocycles. The van der Waals surface area contributed by atoms with E-state index in [0.717, 1.165) is 16.8 Å². The van der Waals surface area contributed by atoms with Gasteiger partial charge in [-0.2, -0.15) is 0 Å². The highest BCUT2D eigenvalue weighted by molar-refractivity contribution is 6.05. The molecular formula is C32H36N4O2. The Morgan fingerprint density at radius 2 is 1.61 bits per heavy atom. The molecule has 0 saturated carbocycles. The summed E-state index contributed by atoms with van der Waals surface area (Å²) in [5.41, 5.74) is 6.63. The van der Waals surface area contributed by atoms with Gasteiger partial charge in [-0.15, -0.1) is 0 Å². The van der Waals surface area contributed by atoms with Gasteiger partial charge in [-0.1, -0.05) is 71.0 Å². The fraction of sp³-hybridized carbons (Fsp3) is 0.281. The van der Waals surface area contributed by atoms with Gasteiger partial charge in [0.2, 0.25) is 0 Å². The first-order valence-electron chi connectivity index (χ1n) is 12.9. The number of amides is 1. The minimum Gasteiger partial charge on any atom is -0.336 e. The molecule has 0 aliphatic carbocycles. The Labute approximate surface area is 224 Å². The van der Waals surface area contributed by atoms with Crippen LogP contribution < -0.4 is 16.2 Å². The quantitative estimate of drug-likeness (QED) is 0.289. The molecule has 4 aromatic rings. The lowest BCUT2D eigenvalue weighted by Gasteiger charge is -2.19. The molecule has 1 amide bonds. The van der Waals surface area contributed by atoms with E-state index >= 15 is 0 Å². The van der Waals surface area contributed by atoms with E-state index in [-0.39, 0.29) is 22.7 Å². The topological polar surface area (TPSA) is 76.0 Å². The minimum atomic E-state index is -0.220. The smallest absolute Gasteiger partial charge is 0.293 e. The summed E-state index contributed by atoms with van der Waals surface area (Å²) in [5, 5.41) is 6.22. The zero-order chi connectivity index (χ0) is 27.6. The van der Waals surface area contributed by atoms with Gasteiger partial charge in [0, 0.05) is 35.7 Å². The number of anilines is 3. The molecule has 6 heteroatoms. The summed E-state index contributed by atoms with van der Waals surface area (Å²) in [5.74, 6) is 0.498. The molecule has 0 fully saturated rings. The number of benzene rings is 3. The normalized spacial score (nSPS) is 11.5. The molecule has 4 rings (SSSR count). The number of rotatable bonds is 6. The van der Waals surface area contributed by atoms with Crippen molar-refractivity contribution in [3.05, 3.63) is 106 Å². The number of hydrogen-bond acceptors (Lipinski definition) is 4. The standard InChI is InChI=1S/C32H36N4O2/c1-20(2)22-13-17-25(18-14-22)33-29-31(38)36(7)19-28(34-29)26-9-8-10-27(21(26)3)35-30(37)23-11-15-24(16-12-23)32(4,5)6/h8-20H,1-7H3,(H,33,34)(H,35,37). The summed E-state index contributed by atoms with van der Waals surface area (Å²) in [6, 6.07) is 21.4. The first kappa shape index (κ1) is 26.9. The maximum absolute atomic E-state index is 13.0. The maximum atomic E-state index is 13.0. The van der Waals surface area contributed by atoms with E-state index in [1.807, 2.05) is 73.7 Å². The summed E-state index contributed by atoms with van der Waals surface area (Å²) in [6.45, 7) is 12.7.